The predicted octanol–water partition coefficient (Wildman–Crippen LogP) is 7.88. The molecule has 49 heavy (non-hydrogen) atoms. The lowest BCUT2D eigenvalue weighted by Crippen LogP contribution is -2.27. The molecule has 3 heterocycles. The quantitative estimate of drug-likeness (QED) is 0.160. The monoisotopic (exact) mass is 703 g/mol. The normalized spacial score (nSPS) is 12.0. The van der Waals surface area contributed by atoms with Crippen LogP contribution in [-0.2, 0) is 14.8 Å². The number of amides is 1. The lowest BCUT2D eigenvalue weighted by atomic mass is 10.0. The Hall–Kier alpha value is -5.27. The molecule has 2 N–H and O–H groups in total. The number of nitrogens with zero attached hydrogens (tertiary/aromatic N) is 3. The van der Waals surface area contributed by atoms with Crippen LogP contribution >= 0.6 is 11.6 Å². The van der Waals surface area contributed by atoms with Crippen molar-refractivity contribution in [3.63, 3.8) is 0 Å². The zero-order valence-corrected chi connectivity index (χ0v) is 28.7. The standard InChI is InChI=1S/C35H31ClFN5O6S/c1-6-49(45,46)41-25-18-29-23(30(32(43)38-5)31(47-29)19-11-13-21(37)14-12-19)16-22(25)24-17-26(40-33(36)39-24)28-15-20-9-7-8-10-27(20)42(28)34(44)48-35(2,3)4/h7-18,41H,6H2,1-5H3,(H,38,43). The van der Waals surface area contributed by atoms with Crippen molar-refractivity contribution in [3.8, 4) is 34.0 Å². The SMILES string of the molecule is CCS(=O)(=O)Nc1cc2oc(-c3ccc(F)cc3)c(C(=O)NC)c2cc1-c1cc(-c2cc3ccccc3n2C(=O)OC(C)(C)C)nc(Cl)n1. The predicted molar refractivity (Wildman–Crippen MR) is 187 cm³/mol. The number of halogens is 2. The highest BCUT2D eigenvalue weighted by molar-refractivity contribution is 7.92. The summed E-state index contributed by atoms with van der Waals surface area (Å²) in [6.07, 6.45) is -0.639. The fraction of sp³-hybridized carbons (Fsp3) is 0.200. The van der Waals surface area contributed by atoms with Gasteiger partial charge in [0.15, 0.2) is 0 Å². The number of para-hydroxylation sites is 1. The molecule has 6 rings (SSSR count). The molecular weight excluding hydrogens is 673 g/mol. The number of furan rings is 1. The summed E-state index contributed by atoms with van der Waals surface area (Å²) >= 11 is 6.52. The molecule has 1 amide bonds. The van der Waals surface area contributed by atoms with E-state index in [4.69, 9.17) is 20.8 Å². The molecule has 0 atom stereocenters. The van der Waals surface area contributed by atoms with Gasteiger partial charge in [-0.05, 0) is 87.8 Å². The molecular formula is C35H31ClFN5O6S. The second kappa shape index (κ2) is 12.6. The van der Waals surface area contributed by atoms with Crippen molar-refractivity contribution >= 4 is 61.2 Å². The average Bonchev–Trinajstić information content (AvgIpc) is 3.62. The summed E-state index contributed by atoms with van der Waals surface area (Å²) in [5.74, 6) is -1.05. The van der Waals surface area contributed by atoms with Gasteiger partial charge in [-0.1, -0.05) is 18.2 Å². The van der Waals surface area contributed by atoms with E-state index < -0.39 is 33.4 Å². The van der Waals surface area contributed by atoms with Gasteiger partial charge >= 0.3 is 6.09 Å². The second-order valence-electron chi connectivity index (χ2n) is 12.1. The van der Waals surface area contributed by atoms with Crippen molar-refractivity contribution < 1.29 is 31.6 Å². The Labute approximate surface area is 286 Å². The van der Waals surface area contributed by atoms with Crippen LogP contribution in [0.3, 0.4) is 0 Å². The van der Waals surface area contributed by atoms with Gasteiger partial charge in [-0.3, -0.25) is 9.52 Å². The molecule has 0 aliphatic carbocycles. The molecule has 252 valence electrons. The van der Waals surface area contributed by atoms with Crippen molar-refractivity contribution in [2.45, 2.75) is 33.3 Å². The zero-order valence-electron chi connectivity index (χ0n) is 27.1. The van der Waals surface area contributed by atoms with E-state index in [0.29, 0.717) is 22.2 Å². The number of ether oxygens (including phenoxy) is 1. The third kappa shape index (κ3) is 6.72. The Balaban J connectivity index is 1.62. The molecule has 0 spiro atoms. The Morgan fingerprint density at radius 1 is 1.00 bits per heavy atom. The van der Waals surface area contributed by atoms with Crippen LogP contribution in [0.4, 0.5) is 14.9 Å². The molecule has 0 unspecified atom stereocenters. The lowest BCUT2D eigenvalue weighted by Gasteiger charge is -2.21. The second-order valence-corrected chi connectivity index (χ2v) is 14.5. The van der Waals surface area contributed by atoms with E-state index in [2.05, 4.69) is 20.0 Å². The topological polar surface area (TPSA) is 145 Å². The van der Waals surface area contributed by atoms with Gasteiger partial charge in [0.05, 0.1) is 39.6 Å². The van der Waals surface area contributed by atoms with Crippen LogP contribution in [0, 0.1) is 5.82 Å². The van der Waals surface area contributed by atoms with Gasteiger partial charge < -0.3 is 14.5 Å². The maximum absolute atomic E-state index is 13.8. The summed E-state index contributed by atoms with van der Waals surface area (Å²) < 4.78 is 55.4. The van der Waals surface area contributed by atoms with E-state index in [0.717, 1.165) is 5.39 Å². The van der Waals surface area contributed by atoms with Crippen LogP contribution in [0.5, 0.6) is 0 Å². The summed E-state index contributed by atoms with van der Waals surface area (Å²) in [5.41, 5.74) is 1.63. The van der Waals surface area contributed by atoms with Gasteiger partial charge in [0.2, 0.25) is 15.3 Å². The third-order valence-corrected chi connectivity index (χ3v) is 9.02. The van der Waals surface area contributed by atoms with Crippen molar-refractivity contribution in [2.24, 2.45) is 0 Å². The van der Waals surface area contributed by atoms with E-state index in [-0.39, 0.29) is 50.6 Å². The Morgan fingerprint density at radius 2 is 1.69 bits per heavy atom. The summed E-state index contributed by atoms with van der Waals surface area (Å²) in [6.45, 7) is 6.76. The number of hydrogen-bond acceptors (Lipinski definition) is 8. The minimum atomic E-state index is -3.83. The Kier molecular flexibility index (Phi) is 8.67. The molecule has 11 nitrogen and oxygen atoms in total. The van der Waals surface area contributed by atoms with Gasteiger partial charge in [0, 0.05) is 35.0 Å². The van der Waals surface area contributed by atoms with E-state index in [1.54, 1.807) is 51.1 Å². The van der Waals surface area contributed by atoms with E-state index in [1.165, 1.54) is 48.9 Å². The van der Waals surface area contributed by atoms with Gasteiger partial charge in [-0.25, -0.2) is 32.1 Å². The van der Waals surface area contributed by atoms with Crippen LogP contribution in [-0.4, -0.2) is 53.4 Å². The summed E-state index contributed by atoms with van der Waals surface area (Å²) in [6, 6.07) is 19.0. The van der Waals surface area contributed by atoms with Crippen molar-refractivity contribution in [2.75, 3.05) is 17.5 Å². The van der Waals surface area contributed by atoms with Crippen LogP contribution in [0.15, 0.2) is 77.2 Å². The first-order valence-corrected chi connectivity index (χ1v) is 17.2. The first-order valence-electron chi connectivity index (χ1n) is 15.2. The van der Waals surface area contributed by atoms with Crippen LogP contribution in [0.25, 0.3) is 55.8 Å². The fourth-order valence-corrected chi connectivity index (χ4v) is 6.20. The Bertz CT molecular complexity index is 2380. The maximum atomic E-state index is 13.8. The number of carbonyl (C=O) groups excluding carboxylic acids is 2. The number of anilines is 1. The average molecular weight is 704 g/mol. The van der Waals surface area contributed by atoms with Gasteiger partial charge in [-0.2, -0.15) is 0 Å². The first kappa shape index (κ1) is 33.6. The molecule has 3 aromatic carbocycles. The molecule has 3 aromatic heterocycles. The molecule has 6 aromatic rings. The minimum absolute atomic E-state index is 0.0885. The highest BCUT2D eigenvalue weighted by atomic mass is 35.5. The van der Waals surface area contributed by atoms with Gasteiger partial charge in [0.25, 0.3) is 5.91 Å². The fourth-order valence-electron chi connectivity index (χ4n) is 5.37. The molecule has 0 saturated heterocycles. The maximum Gasteiger partial charge on any atom is 0.419 e. The molecule has 0 fully saturated rings. The molecule has 0 saturated carbocycles. The molecule has 0 aliphatic heterocycles. The van der Waals surface area contributed by atoms with Crippen LogP contribution in [0.1, 0.15) is 38.1 Å². The summed E-state index contributed by atoms with van der Waals surface area (Å²) in [7, 11) is -2.37. The van der Waals surface area contributed by atoms with Crippen molar-refractivity contribution in [3.05, 3.63) is 89.5 Å². The van der Waals surface area contributed by atoms with Gasteiger partial charge in [0.1, 0.15) is 22.8 Å². The number of sulfonamides is 1. The Morgan fingerprint density at radius 3 is 2.37 bits per heavy atom. The summed E-state index contributed by atoms with van der Waals surface area (Å²) in [5, 5.41) is 3.48. The number of aromatic nitrogens is 3. The third-order valence-electron chi connectivity index (χ3n) is 7.56. The smallest absolute Gasteiger partial charge is 0.419 e. The molecule has 0 aliphatic rings. The van der Waals surface area contributed by atoms with E-state index >= 15 is 0 Å². The molecule has 14 heteroatoms. The van der Waals surface area contributed by atoms with Crippen LogP contribution in [0.2, 0.25) is 5.28 Å². The van der Waals surface area contributed by atoms with E-state index in [9.17, 15) is 22.4 Å². The van der Waals surface area contributed by atoms with Crippen molar-refractivity contribution in [1.82, 2.24) is 19.9 Å². The minimum Gasteiger partial charge on any atom is -0.455 e. The van der Waals surface area contributed by atoms with Crippen molar-refractivity contribution in [1.29, 1.82) is 0 Å². The number of hydrogen-bond donors (Lipinski definition) is 2. The van der Waals surface area contributed by atoms with Crippen LogP contribution < -0.4 is 10.0 Å². The zero-order chi connectivity index (χ0) is 35.2. The van der Waals surface area contributed by atoms with E-state index in [1.807, 2.05) is 12.1 Å². The number of benzene rings is 3. The highest BCUT2D eigenvalue weighted by Gasteiger charge is 2.27. The number of nitrogens with one attached hydrogen (secondary N) is 2. The molecule has 0 radical (unpaired) electrons. The molecule has 0 bridgehead atoms. The highest BCUT2D eigenvalue weighted by Crippen LogP contribution is 2.41. The largest absolute Gasteiger partial charge is 0.455 e. The van der Waals surface area contributed by atoms with Gasteiger partial charge in [-0.15, -0.1) is 0 Å². The first-order chi connectivity index (χ1) is 23.2. The number of fused-ring (bicyclic) bond motifs is 2. The summed E-state index contributed by atoms with van der Waals surface area (Å²) in [4.78, 5) is 35.7. The number of carbonyl (C=O) groups is 2. The number of rotatable bonds is 7. The lowest BCUT2D eigenvalue weighted by molar-refractivity contribution is 0.0547.